The van der Waals surface area contributed by atoms with Crippen molar-refractivity contribution in [3.05, 3.63) is 42.0 Å². The first kappa shape index (κ1) is 45.4. The molecule has 266 valence electrons. The van der Waals surface area contributed by atoms with E-state index in [1.54, 1.807) is 25.1 Å². The van der Waals surface area contributed by atoms with Crippen LogP contribution in [0.1, 0.15) is 124 Å². The van der Waals surface area contributed by atoms with Gasteiger partial charge in [0.15, 0.2) is 5.60 Å². The highest BCUT2D eigenvalue weighted by Crippen LogP contribution is 2.19. The fraction of sp³-hybridized carbons (Fsp3) is 0.622. The summed E-state index contributed by atoms with van der Waals surface area (Å²) in [5, 5.41) is 21.5. The molecule has 1 unspecified atom stereocenters. The number of aliphatic hydroxyl groups is 1. The number of carbonyl (C=O) groups is 4. The lowest BCUT2D eigenvalue weighted by Crippen LogP contribution is -2.44. The van der Waals surface area contributed by atoms with Crippen molar-refractivity contribution in [3.63, 3.8) is 0 Å². The molecule has 0 aromatic heterocycles. The van der Waals surface area contributed by atoms with Crippen LogP contribution in [-0.2, 0) is 30.4 Å². The molecule has 0 heterocycles. The van der Waals surface area contributed by atoms with Gasteiger partial charge in [-0.25, -0.2) is 10.3 Å². The first-order chi connectivity index (χ1) is 22.6. The minimum Gasteiger partial charge on any atom is -0.481 e. The fourth-order valence-corrected chi connectivity index (χ4v) is 4.17. The Bertz CT molecular complexity index is 1060. The summed E-state index contributed by atoms with van der Waals surface area (Å²) >= 11 is 0. The molecule has 0 saturated carbocycles. The number of carbonyl (C=O) groups excluding carboxylic acids is 3. The van der Waals surface area contributed by atoms with Crippen LogP contribution in [-0.4, -0.2) is 59.6 Å². The molecule has 0 radical (unpaired) electrons. The maximum absolute atomic E-state index is 11.7. The van der Waals surface area contributed by atoms with Crippen LogP contribution in [0.25, 0.3) is 0 Å². The molecular formula is C37H60N2O8. The van der Waals surface area contributed by atoms with Crippen molar-refractivity contribution in [3.8, 4) is 17.6 Å². The van der Waals surface area contributed by atoms with Gasteiger partial charge in [-0.1, -0.05) is 90.0 Å². The summed E-state index contributed by atoms with van der Waals surface area (Å²) < 4.78 is 5.40. The van der Waals surface area contributed by atoms with Crippen molar-refractivity contribution in [2.75, 3.05) is 13.7 Å². The number of amides is 2. The second kappa shape index (κ2) is 30.9. The average molecular weight is 661 g/mol. The molecule has 1 aromatic rings. The zero-order valence-electron chi connectivity index (χ0n) is 29.6. The summed E-state index contributed by atoms with van der Waals surface area (Å²) in [7, 11) is 1.33. The van der Waals surface area contributed by atoms with Gasteiger partial charge in [-0.05, 0) is 56.7 Å². The normalized spacial score (nSPS) is 12.1. The van der Waals surface area contributed by atoms with E-state index in [0.29, 0.717) is 43.8 Å². The van der Waals surface area contributed by atoms with E-state index in [2.05, 4.69) is 48.2 Å². The van der Waals surface area contributed by atoms with Crippen LogP contribution >= 0.6 is 0 Å². The summed E-state index contributed by atoms with van der Waals surface area (Å²) in [6, 6.07) is 6.54. The summed E-state index contributed by atoms with van der Waals surface area (Å²) in [5.74, 6) is 5.07. The average Bonchev–Trinajstić information content (AvgIpc) is 3.04. The predicted molar refractivity (Wildman–Crippen MR) is 187 cm³/mol. The van der Waals surface area contributed by atoms with Crippen molar-refractivity contribution in [1.29, 1.82) is 0 Å². The number of allylic oxidation sites excluding steroid dienone is 1. The van der Waals surface area contributed by atoms with E-state index < -0.39 is 23.5 Å². The quantitative estimate of drug-likeness (QED) is 0.0342. The van der Waals surface area contributed by atoms with Gasteiger partial charge < -0.3 is 20.3 Å². The van der Waals surface area contributed by atoms with E-state index in [0.717, 1.165) is 56.9 Å². The number of carboxylic acid groups (broad SMARTS) is 1. The number of ketones is 1. The Kier molecular flexibility index (Phi) is 29.9. The standard InChI is InChI=1S/C19H34O4.C15H18N2O4.C3H8/c1-3-5-13-17(20)14-11-9-7-6-8-10-12-16-19(23,15-4-2)18(21)22;1-3-4-9-21-13-7-5-12(6-8-13)10-14(16-11-18)15(19)17-20-2;1-3-2/h10,12,23H,3-9,11,13-16H2,1-2H3,(H,21,22);5-8,11,14H,9-10H2,1-2H3,(H,16,18)(H,17,19);3H2,1-2H3/b12-10+;;/t19-;;/m0../s1. The zero-order chi connectivity index (χ0) is 35.8. The largest absolute Gasteiger partial charge is 0.481 e. The molecule has 0 fully saturated rings. The number of aliphatic carboxylic acids is 1. The highest BCUT2D eigenvalue weighted by atomic mass is 16.6. The molecule has 2 atom stereocenters. The van der Waals surface area contributed by atoms with Gasteiger partial charge in [0.25, 0.3) is 5.91 Å². The van der Waals surface area contributed by atoms with Crippen molar-refractivity contribution >= 4 is 24.1 Å². The third-order valence-corrected chi connectivity index (χ3v) is 6.71. The number of hydrogen-bond donors (Lipinski definition) is 4. The van der Waals surface area contributed by atoms with E-state index >= 15 is 0 Å². The molecule has 0 saturated heterocycles. The molecule has 0 bridgehead atoms. The van der Waals surface area contributed by atoms with E-state index in [4.69, 9.17) is 9.84 Å². The maximum atomic E-state index is 11.7. The number of unbranched alkanes of at least 4 members (excludes halogenated alkanes) is 5. The number of nitrogens with one attached hydrogen (secondary N) is 2. The van der Waals surface area contributed by atoms with Crippen molar-refractivity contribution in [1.82, 2.24) is 10.8 Å². The predicted octanol–water partition coefficient (Wildman–Crippen LogP) is 6.49. The number of carboxylic acids is 1. The van der Waals surface area contributed by atoms with Crippen molar-refractivity contribution in [2.45, 2.75) is 136 Å². The molecule has 0 aliphatic carbocycles. The van der Waals surface area contributed by atoms with Gasteiger partial charge in [-0.2, -0.15) is 0 Å². The maximum Gasteiger partial charge on any atom is 0.335 e. The molecule has 1 rings (SSSR count). The molecule has 1 aromatic carbocycles. The monoisotopic (exact) mass is 660 g/mol. The molecule has 10 heteroatoms. The second-order valence-electron chi connectivity index (χ2n) is 11.1. The van der Waals surface area contributed by atoms with E-state index in [-0.39, 0.29) is 12.8 Å². The zero-order valence-corrected chi connectivity index (χ0v) is 29.6. The highest BCUT2D eigenvalue weighted by Gasteiger charge is 2.33. The molecule has 2 amide bonds. The Morgan fingerprint density at radius 2 is 1.60 bits per heavy atom. The number of benzene rings is 1. The van der Waals surface area contributed by atoms with Crippen LogP contribution in [0.15, 0.2) is 36.4 Å². The molecule has 0 aliphatic heterocycles. The van der Waals surface area contributed by atoms with Crippen molar-refractivity contribution in [2.24, 2.45) is 0 Å². The summed E-state index contributed by atoms with van der Waals surface area (Å²) in [5.41, 5.74) is 1.46. The van der Waals surface area contributed by atoms with Gasteiger partial charge in [0.05, 0.1) is 7.11 Å². The van der Waals surface area contributed by atoms with Crippen LogP contribution in [0.4, 0.5) is 0 Å². The topological polar surface area (TPSA) is 151 Å². The molecule has 0 spiro atoms. The minimum absolute atomic E-state index is 0.169. The number of hydroxylamine groups is 1. The molecule has 10 nitrogen and oxygen atoms in total. The first-order valence-electron chi connectivity index (χ1n) is 16.8. The number of Topliss-reactive ketones (excluding diaryl/α,β-unsaturated/α-hetero) is 1. The van der Waals surface area contributed by atoms with Crippen molar-refractivity contribution < 1.29 is 39.0 Å². The number of hydrogen-bond acceptors (Lipinski definition) is 7. The van der Waals surface area contributed by atoms with E-state index in [1.807, 2.05) is 25.1 Å². The summed E-state index contributed by atoms with van der Waals surface area (Å²) in [4.78, 5) is 49.3. The van der Waals surface area contributed by atoms with Gasteiger partial charge in [-0.3, -0.25) is 19.2 Å². The van der Waals surface area contributed by atoms with Gasteiger partial charge in [0.1, 0.15) is 24.2 Å². The van der Waals surface area contributed by atoms with E-state index in [1.165, 1.54) is 13.5 Å². The van der Waals surface area contributed by atoms with Gasteiger partial charge in [-0.15, -0.1) is 5.92 Å². The van der Waals surface area contributed by atoms with Crippen LogP contribution in [0.3, 0.4) is 0 Å². The summed E-state index contributed by atoms with van der Waals surface area (Å²) in [6.45, 7) is 10.3. The van der Waals surface area contributed by atoms with Crippen LogP contribution in [0, 0.1) is 11.8 Å². The lowest BCUT2D eigenvalue weighted by atomic mass is 9.94. The van der Waals surface area contributed by atoms with Gasteiger partial charge in [0.2, 0.25) is 6.41 Å². The van der Waals surface area contributed by atoms with Crippen LogP contribution < -0.4 is 15.5 Å². The molecule has 47 heavy (non-hydrogen) atoms. The smallest absolute Gasteiger partial charge is 0.335 e. The number of ether oxygens (including phenoxy) is 1. The lowest BCUT2D eigenvalue weighted by Gasteiger charge is -2.20. The minimum atomic E-state index is -1.62. The molecule has 0 aliphatic rings. The lowest BCUT2D eigenvalue weighted by molar-refractivity contribution is -0.158. The second-order valence-corrected chi connectivity index (χ2v) is 11.1. The molecule has 4 N–H and O–H groups in total. The Labute approximate surface area is 283 Å². The fourth-order valence-electron chi connectivity index (χ4n) is 4.17. The Balaban J connectivity index is 0. The molecular weight excluding hydrogens is 600 g/mol. The summed E-state index contributed by atoms with van der Waals surface area (Å²) in [6.07, 6.45) is 15.5. The Morgan fingerprint density at radius 1 is 0.957 bits per heavy atom. The van der Waals surface area contributed by atoms with Crippen LogP contribution in [0.5, 0.6) is 5.75 Å². The third kappa shape index (κ3) is 25.1. The van der Waals surface area contributed by atoms with Gasteiger partial charge in [0, 0.05) is 25.7 Å². The Hall–Kier alpha value is -3.68. The SMILES string of the molecule is CC#CCOc1ccc(CC(NC=O)C(=O)NOC)cc1.CCC.CCCCC(=O)CCCCCC/C=C/C[C@@](O)(CCC)C(=O)O. The van der Waals surface area contributed by atoms with Crippen LogP contribution in [0.2, 0.25) is 0 Å². The van der Waals surface area contributed by atoms with E-state index in [9.17, 15) is 24.3 Å². The van der Waals surface area contributed by atoms with Gasteiger partial charge >= 0.3 is 5.97 Å². The third-order valence-electron chi connectivity index (χ3n) is 6.71. The highest BCUT2D eigenvalue weighted by molar-refractivity contribution is 5.83. The number of rotatable bonds is 23. The first-order valence-corrected chi connectivity index (χ1v) is 16.8. The Morgan fingerprint density at radius 3 is 2.15 bits per heavy atom.